The second kappa shape index (κ2) is 4.97. The zero-order valence-electron chi connectivity index (χ0n) is 8.41. The number of aromatic nitrogens is 2. The van der Waals surface area contributed by atoms with Gasteiger partial charge in [-0.15, -0.1) is 10.2 Å². The van der Waals surface area contributed by atoms with Gasteiger partial charge in [-0.3, -0.25) is 0 Å². The van der Waals surface area contributed by atoms with Crippen molar-refractivity contribution in [2.45, 2.75) is 33.3 Å². The van der Waals surface area contributed by atoms with E-state index in [0.29, 0.717) is 24.3 Å². The summed E-state index contributed by atoms with van der Waals surface area (Å²) in [5.74, 6) is 1.93. The van der Waals surface area contributed by atoms with E-state index in [9.17, 15) is 0 Å². The van der Waals surface area contributed by atoms with E-state index >= 15 is 0 Å². The smallest absolute Gasteiger partial charge is 0.242 e. The highest BCUT2D eigenvalue weighted by Gasteiger charge is 2.05. The fourth-order valence-electron chi connectivity index (χ4n) is 0.983. The lowest BCUT2D eigenvalue weighted by Crippen LogP contribution is -1.91. The molecule has 4 heteroatoms. The second-order valence-electron chi connectivity index (χ2n) is 3.46. The van der Waals surface area contributed by atoms with Crippen molar-refractivity contribution < 1.29 is 9.15 Å². The lowest BCUT2D eigenvalue weighted by Gasteiger charge is -1.99. The van der Waals surface area contributed by atoms with Gasteiger partial charge in [-0.25, -0.2) is 0 Å². The molecule has 0 aliphatic heterocycles. The molecule has 0 N–H and O–H groups in total. The molecule has 0 unspecified atom stereocenters. The number of hydrogen-bond acceptors (Lipinski definition) is 4. The molecule has 1 rings (SSSR count). The van der Waals surface area contributed by atoms with Gasteiger partial charge in [-0.05, 0) is 12.3 Å². The normalized spacial score (nSPS) is 11.1. The van der Waals surface area contributed by atoms with E-state index in [4.69, 9.17) is 9.15 Å². The first-order valence-electron chi connectivity index (χ1n) is 4.52. The summed E-state index contributed by atoms with van der Waals surface area (Å²) in [5.41, 5.74) is 0. The average molecular weight is 184 g/mol. The predicted octanol–water partition coefficient (Wildman–Crippen LogP) is 1.80. The molecule has 1 heterocycles. The van der Waals surface area contributed by atoms with Crippen LogP contribution >= 0.6 is 0 Å². The Morgan fingerprint density at radius 1 is 1.31 bits per heavy atom. The summed E-state index contributed by atoms with van der Waals surface area (Å²) in [6, 6.07) is 0. The highest BCUT2D eigenvalue weighted by molar-refractivity contribution is 4.80. The molecule has 4 nitrogen and oxygen atoms in total. The lowest BCUT2D eigenvalue weighted by molar-refractivity contribution is 0.158. The number of ether oxygens (including phenoxy) is 1. The van der Waals surface area contributed by atoms with E-state index in [1.54, 1.807) is 7.11 Å². The van der Waals surface area contributed by atoms with Crippen molar-refractivity contribution in [3.8, 4) is 0 Å². The standard InChI is InChI=1S/C9H16N2O2/c1-7(2)4-5-8-10-11-9(13-8)6-12-3/h7H,4-6H2,1-3H3. The Morgan fingerprint density at radius 3 is 2.62 bits per heavy atom. The highest BCUT2D eigenvalue weighted by Crippen LogP contribution is 2.08. The van der Waals surface area contributed by atoms with Gasteiger partial charge in [0.25, 0.3) is 0 Å². The topological polar surface area (TPSA) is 48.2 Å². The van der Waals surface area contributed by atoms with Crippen LogP contribution in [0.3, 0.4) is 0 Å². The predicted molar refractivity (Wildman–Crippen MR) is 48.2 cm³/mol. The van der Waals surface area contributed by atoms with Crippen molar-refractivity contribution in [3.63, 3.8) is 0 Å². The van der Waals surface area contributed by atoms with Gasteiger partial charge in [0.05, 0.1) is 0 Å². The number of methoxy groups -OCH3 is 1. The first-order valence-corrected chi connectivity index (χ1v) is 4.52. The van der Waals surface area contributed by atoms with Crippen LogP contribution in [0.5, 0.6) is 0 Å². The zero-order valence-corrected chi connectivity index (χ0v) is 8.41. The van der Waals surface area contributed by atoms with E-state index in [2.05, 4.69) is 24.0 Å². The van der Waals surface area contributed by atoms with Gasteiger partial charge in [0.1, 0.15) is 6.61 Å². The summed E-state index contributed by atoms with van der Waals surface area (Å²) >= 11 is 0. The molecule has 0 atom stereocenters. The van der Waals surface area contributed by atoms with Gasteiger partial charge in [-0.1, -0.05) is 13.8 Å². The quantitative estimate of drug-likeness (QED) is 0.700. The van der Waals surface area contributed by atoms with Crippen LogP contribution in [0.25, 0.3) is 0 Å². The monoisotopic (exact) mass is 184 g/mol. The summed E-state index contributed by atoms with van der Waals surface area (Å²) < 4.78 is 10.2. The van der Waals surface area contributed by atoms with Crippen LogP contribution in [0.1, 0.15) is 32.0 Å². The third-order valence-corrected chi connectivity index (χ3v) is 1.71. The van der Waals surface area contributed by atoms with E-state index in [-0.39, 0.29) is 0 Å². The zero-order chi connectivity index (χ0) is 9.68. The van der Waals surface area contributed by atoms with Crippen LogP contribution in [0.15, 0.2) is 4.42 Å². The van der Waals surface area contributed by atoms with Gasteiger partial charge in [0.2, 0.25) is 11.8 Å². The summed E-state index contributed by atoms with van der Waals surface area (Å²) in [4.78, 5) is 0. The van der Waals surface area contributed by atoms with Gasteiger partial charge >= 0.3 is 0 Å². The molecule has 0 fully saturated rings. The third kappa shape index (κ3) is 3.55. The Balaban J connectivity index is 2.39. The number of nitrogens with zero attached hydrogens (tertiary/aromatic N) is 2. The minimum atomic E-state index is 0.397. The van der Waals surface area contributed by atoms with Gasteiger partial charge < -0.3 is 9.15 Å². The largest absolute Gasteiger partial charge is 0.423 e. The van der Waals surface area contributed by atoms with Crippen molar-refractivity contribution in [3.05, 3.63) is 11.8 Å². The van der Waals surface area contributed by atoms with Crippen molar-refractivity contribution in [2.75, 3.05) is 7.11 Å². The summed E-state index contributed by atoms with van der Waals surface area (Å²) in [5, 5.41) is 7.75. The van der Waals surface area contributed by atoms with Crippen molar-refractivity contribution in [2.24, 2.45) is 5.92 Å². The maximum atomic E-state index is 5.33. The highest BCUT2D eigenvalue weighted by atomic mass is 16.5. The Bertz CT molecular complexity index is 246. The Labute approximate surface area is 78.3 Å². The number of aryl methyl sites for hydroxylation is 1. The molecule has 0 saturated carbocycles. The van der Waals surface area contributed by atoms with Crippen LogP contribution < -0.4 is 0 Å². The minimum Gasteiger partial charge on any atom is -0.423 e. The van der Waals surface area contributed by atoms with E-state index in [0.717, 1.165) is 12.8 Å². The average Bonchev–Trinajstić information content (AvgIpc) is 2.50. The lowest BCUT2D eigenvalue weighted by atomic mass is 10.1. The summed E-state index contributed by atoms with van der Waals surface area (Å²) in [6.07, 6.45) is 1.93. The van der Waals surface area contributed by atoms with Crippen LogP contribution in [0.4, 0.5) is 0 Å². The molecule has 0 spiro atoms. The van der Waals surface area contributed by atoms with Gasteiger partial charge in [0, 0.05) is 13.5 Å². The van der Waals surface area contributed by atoms with Crippen molar-refractivity contribution in [1.82, 2.24) is 10.2 Å². The molecule has 1 aromatic rings. The second-order valence-corrected chi connectivity index (χ2v) is 3.46. The number of rotatable bonds is 5. The molecular formula is C9H16N2O2. The molecule has 1 aromatic heterocycles. The molecule has 0 radical (unpaired) electrons. The molecular weight excluding hydrogens is 168 g/mol. The fraction of sp³-hybridized carbons (Fsp3) is 0.778. The Hall–Kier alpha value is -0.900. The van der Waals surface area contributed by atoms with Gasteiger partial charge in [0.15, 0.2) is 0 Å². The maximum absolute atomic E-state index is 5.33. The van der Waals surface area contributed by atoms with Crippen LogP contribution in [-0.2, 0) is 17.8 Å². The van der Waals surface area contributed by atoms with E-state index in [1.165, 1.54) is 0 Å². The first kappa shape index (κ1) is 10.2. The van der Waals surface area contributed by atoms with Crippen LogP contribution in [0, 0.1) is 5.92 Å². The van der Waals surface area contributed by atoms with E-state index < -0.39 is 0 Å². The third-order valence-electron chi connectivity index (χ3n) is 1.71. The van der Waals surface area contributed by atoms with E-state index in [1.807, 2.05) is 0 Å². The molecule has 0 saturated heterocycles. The molecule has 74 valence electrons. The van der Waals surface area contributed by atoms with Crippen LogP contribution in [-0.4, -0.2) is 17.3 Å². The Morgan fingerprint density at radius 2 is 2.00 bits per heavy atom. The summed E-state index contributed by atoms with van der Waals surface area (Å²) in [6.45, 7) is 4.74. The molecule has 0 aliphatic rings. The molecule has 0 aliphatic carbocycles. The maximum Gasteiger partial charge on any atom is 0.242 e. The fourth-order valence-corrected chi connectivity index (χ4v) is 0.983. The first-order chi connectivity index (χ1) is 6.22. The van der Waals surface area contributed by atoms with Crippen molar-refractivity contribution >= 4 is 0 Å². The van der Waals surface area contributed by atoms with Gasteiger partial charge in [-0.2, -0.15) is 0 Å². The van der Waals surface area contributed by atoms with Crippen LogP contribution in [0.2, 0.25) is 0 Å². The molecule has 0 amide bonds. The molecule has 13 heavy (non-hydrogen) atoms. The number of hydrogen-bond donors (Lipinski definition) is 0. The SMILES string of the molecule is COCc1nnc(CCC(C)C)o1. The molecule has 0 bridgehead atoms. The summed E-state index contributed by atoms with van der Waals surface area (Å²) in [7, 11) is 1.61. The minimum absolute atomic E-state index is 0.397. The Kier molecular flexibility index (Phi) is 3.89. The van der Waals surface area contributed by atoms with Crippen molar-refractivity contribution in [1.29, 1.82) is 0 Å². The molecule has 0 aromatic carbocycles.